The number of benzene rings is 2. The predicted octanol–water partition coefficient (Wildman–Crippen LogP) is 3.38. The molecule has 2 aromatic rings. The van der Waals surface area contributed by atoms with Crippen LogP contribution in [-0.2, 0) is 17.8 Å². The molecular formula is C24H29N3O2. The van der Waals surface area contributed by atoms with Crippen LogP contribution in [0.4, 0.5) is 5.69 Å². The molecule has 1 unspecified atom stereocenters. The summed E-state index contributed by atoms with van der Waals surface area (Å²) in [5, 5.41) is 3.07. The maximum Gasteiger partial charge on any atom is 0.251 e. The summed E-state index contributed by atoms with van der Waals surface area (Å²) in [5.41, 5.74) is 4.34. The SMILES string of the molecule is CC(CNC(=O)c1ccc(N2CCCCC2=O)cc1)N1CCc2ccccc2C1. The molecule has 152 valence electrons. The van der Waals surface area contributed by atoms with E-state index in [0.717, 1.165) is 44.6 Å². The van der Waals surface area contributed by atoms with E-state index in [1.165, 1.54) is 11.1 Å². The topological polar surface area (TPSA) is 52.7 Å². The second kappa shape index (κ2) is 8.78. The molecule has 0 radical (unpaired) electrons. The molecule has 1 fully saturated rings. The van der Waals surface area contributed by atoms with Crippen molar-refractivity contribution in [1.29, 1.82) is 0 Å². The van der Waals surface area contributed by atoms with Gasteiger partial charge in [0, 0.05) is 49.9 Å². The van der Waals surface area contributed by atoms with Crippen LogP contribution >= 0.6 is 0 Å². The number of fused-ring (bicyclic) bond motifs is 1. The van der Waals surface area contributed by atoms with Crippen LogP contribution in [0.5, 0.6) is 0 Å². The molecule has 2 aromatic carbocycles. The summed E-state index contributed by atoms with van der Waals surface area (Å²) in [6.07, 6.45) is 3.68. The molecule has 0 saturated carbocycles. The quantitative estimate of drug-likeness (QED) is 0.850. The normalized spacial score (nSPS) is 18.2. The number of rotatable bonds is 5. The highest BCUT2D eigenvalue weighted by Gasteiger charge is 2.22. The smallest absolute Gasteiger partial charge is 0.251 e. The van der Waals surface area contributed by atoms with Crippen LogP contribution in [0.25, 0.3) is 0 Å². The summed E-state index contributed by atoms with van der Waals surface area (Å²) in [5.74, 6) is 0.108. The fraction of sp³-hybridized carbons (Fsp3) is 0.417. The van der Waals surface area contributed by atoms with Gasteiger partial charge in [0.05, 0.1) is 0 Å². The highest BCUT2D eigenvalue weighted by atomic mass is 16.2. The van der Waals surface area contributed by atoms with Gasteiger partial charge >= 0.3 is 0 Å². The largest absolute Gasteiger partial charge is 0.350 e. The number of nitrogens with zero attached hydrogens (tertiary/aromatic N) is 2. The van der Waals surface area contributed by atoms with E-state index in [0.29, 0.717) is 18.5 Å². The van der Waals surface area contributed by atoms with Crippen molar-refractivity contribution < 1.29 is 9.59 Å². The molecule has 2 aliphatic heterocycles. The van der Waals surface area contributed by atoms with Gasteiger partial charge in [-0.2, -0.15) is 0 Å². The van der Waals surface area contributed by atoms with Crippen LogP contribution < -0.4 is 10.2 Å². The monoisotopic (exact) mass is 391 g/mol. The van der Waals surface area contributed by atoms with Crippen LogP contribution in [0.2, 0.25) is 0 Å². The number of nitrogens with one attached hydrogen (secondary N) is 1. The van der Waals surface area contributed by atoms with Gasteiger partial charge in [-0.05, 0) is 61.6 Å². The lowest BCUT2D eigenvalue weighted by molar-refractivity contribution is -0.119. The molecule has 0 spiro atoms. The van der Waals surface area contributed by atoms with Gasteiger partial charge in [0.25, 0.3) is 5.91 Å². The number of carbonyl (C=O) groups excluding carboxylic acids is 2. The van der Waals surface area contributed by atoms with E-state index in [2.05, 4.69) is 41.4 Å². The predicted molar refractivity (Wildman–Crippen MR) is 115 cm³/mol. The Hall–Kier alpha value is -2.66. The van der Waals surface area contributed by atoms with Crippen molar-refractivity contribution in [3.63, 3.8) is 0 Å². The number of anilines is 1. The van der Waals surface area contributed by atoms with Crippen LogP contribution in [0, 0.1) is 0 Å². The van der Waals surface area contributed by atoms with Gasteiger partial charge in [-0.1, -0.05) is 24.3 Å². The summed E-state index contributed by atoms with van der Waals surface area (Å²) in [6, 6.07) is 16.3. The Labute approximate surface area is 172 Å². The molecule has 2 amide bonds. The second-order valence-corrected chi connectivity index (χ2v) is 8.10. The highest BCUT2D eigenvalue weighted by molar-refractivity contribution is 5.96. The lowest BCUT2D eigenvalue weighted by Crippen LogP contribution is -2.44. The Morgan fingerprint density at radius 1 is 1.00 bits per heavy atom. The molecule has 2 aliphatic rings. The van der Waals surface area contributed by atoms with Gasteiger partial charge < -0.3 is 10.2 Å². The van der Waals surface area contributed by atoms with Crippen molar-refractivity contribution in [3.8, 4) is 0 Å². The molecule has 0 aliphatic carbocycles. The summed E-state index contributed by atoms with van der Waals surface area (Å²) in [7, 11) is 0. The molecule has 4 rings (SSSR count). The third-order valence-corrected chi connectivity index (χ3v) is 6.11. The van der Waals surface area contributed by atoms with E-state index in [9.17, 15) is 9.59 Å². The van der Waals surface area contributed by atoms with Gasteiger partial charge in [0.15, 0.2) is 0 Å². The lowest BCUT2D eigenvalue weighted by atomic mass is 9.99. The van der Waals surface area contributed by atoms with E-state index in [-0.39, 0.29) is 17.9 Å². The van der Waals surface area contributed by atoms with Gasteiger partial charge in [-0.25, -0.2) is 0 Å². The highest BCUT2D eigenvalue weighted by Crippen LogP contribution is 2.22. The van der Waals surface area contributed by atoms with Gasteiger partial charge in [-0.3, -0.25) is 14.5 Å². The number of piperidine rings is 1. The molecule has 0 aromatic heterocycles. The van der Waals surface area contributed by atoms with E-state index in [1.807, 2.05) is 29.2 Å². The minimum atomic E-state index is -0.0641. The first-order valence-electron chi connectivity index (χ1n) is 10.6. The molecule has 1 saturated heterocycles. The zero-order valence-electron chi connectivity index (χ0n) is 17.1. The fourth-order valence-corrected chi connectivity index (χ4v) is 4.24. The average molecular weight is 392 g/mol. The molecule has 5 nitrogen and oxygen atoms in total. The van der Waals surface area contributed by atoms with Crippen molar-refractivity contribution in [3.05, 3.63) is 65.2 Å². The first-order valence-corrected chi connectivity index (χ1v) is 10.6. The van der Waals surface area contributed by atoms with Crippen LogP contribution in [0.15, 0.2) is 48.5 Å². The third kappa shape index (κ3) is 4.51. The standard InChI is InChI=1S/C24H29N3O2/c1-18(26-15-13-19-6-2-3-7-21(19)17-26)16-25-24(29)20-9-11-22(12-10-20)27-14-5-4-8-23(27)28/h2-3,6-7,9-12,18H,4-5,8,13-17H2,1H3,(H,25,29). The molecule has 2 heterocycles. The van der Waals surface area contributed by atoms with E-state index in [1.54, 1.807) is 0 Å². The van der Waals surface area contributed by atoms with Gasteiger partial charge in [0.2, 0.25) is 5.91 Å². The van der Waals surface area contributed by atoms with E-state index >= 15 is 0 Å². The van der Waals surface area contributed by atoms with Crippen LogP contribution in [0.1, 0.15) is 47.7 Å². The molecule has 29 heavy (non-hydrogen) atoms. The van der Waals surface area contributed by atoms with Crippen molar-refractivity contribution in [2.75, 3.05) is 24.5 Å². The van der Waals surface area contributed by atoms with Crippen LogP contribution in [0.3, 0.4) is 0 Å². The lowest BCUT2D eigenvalue weighted by Gasteiger charge is -2.33. The zero-order chi connectivity index (χ0) is 20.2. The Morgan fingerprint density at radius 3 is 2.52 bits per heavy atom. The summed E-state index contributed by atoms with van der Waals surface area (Å²) in [6.45, 7) is 5.51. The third-order valence-electron chi connectivity index (χ3n) is 6.11. The minimum Gasteiger partial charge on any atom is -0.350 e. The molecular weight excluding hydrogens is 362 g/mol. The van der Waals surface area contributed by atoms with E-state index < -0.39 is 0 Å². The summed E-state index contributed by atoms with van der Waals surface area (Å²) in [4.78, 5) is 28.9. The summed E-state index contributed by atoms with van der Waals surface area (Å²) < 4.78 is 0. The minimum absolute atomic E-state index is 0.0641. The maximum absolute atomic E-state index is 12.6. The zero-order valence-corrected chi connectivity index (χ0v) is 17.1. The van der Waals surface area contributed by atoms with E-state index in [4.69, 9.17) is 0 Å². The second-order valence-electron chi connectivity index (χ2n) is 8.10. The molecule has 0 bridgehead atoms. The number of hydrogen-bond acceptors (Lipinski definition) is 3. The molecule has 1 N–H and O–H groups in total. The molecule has 1 atom stereocenters. The number of amides is 2. The fourth-order valence-electron chi connectivity index (χ4n) is 4.24. The van der Waals surface area contributed by atoms with Crippen molar-refractivity contribution >= 4 is 17.5 Å². The Balaban J connectivity index is 1.31. The number of carbonyl (C=O) groups is 2. The average Bonchev–Trinajstić information content (AvgIpc) is 2.77. The maximum atomic E-state index is 12.6. The van der Waals surface area contributed by atoms with Crippen molar-refractivity contribution in [2.24, 2.45) is 0 Å². The first kappa shape index (κ1) is 19.6. The van der Waals surface area contributed by atoms with Crippen LogP contribution in [-0.4, -0.2) is 42.4 Å². The van der Waals surface area contributed by atoms with Crippen molar-refractivity contribution in [2.45, 2.75) is 45.2 Å². The Morgan fingerprint density at radius 2 is 1.76 bits per heavy atom. The Kier molecular flexibility index (Phi) is 5.95. The summed E-state index contributed by atoms with van der Waals surface area (Å²) >= 11 is 0. The number of hydrogen-bond donors (Lipinski definition) is 1. The van der Waals surface area contributed by atoms with Gasteiger partial charge in [0.1, 0.15) is 0 Å². The van der Waals surface area contributed by atoms with Gasteiger partial charge in [-0.15, -0.1) is 0 Å². The Bertz CT molecular complexity index is 878. The molecule has 5 heteroatoms. The van der Waals surface area contributed by atoms with Crippen molar-refractivity contribution in [1.82, 2.24) is 10.2 Å². The first-order chi connectivity index (χ1) is 14.1.